The second kappa shape index (κ2) is 14.2. The molecule has 0 bridgehead atoms. The summed E-state index contributed by atoms with van der Waals surface area (Å²) in [5.41, 5.74) is 1.78. The molecule has 9 nitrogen and oxygen atoms in total. The first kappa shape index (κ1) is 29.6. The normalized spacial score (nSPS) is 25.8. The van der Waals surface area contributed by atoms with Crippen molar-refractivity contribution in [1.82, 2.24) is 0 Å². The van der Waals surface area contributed by atoms with Crippen LogP contribution in [0.25, 0.3) is 0 Å². The van der Waals surface area contributed by atoms with E-state index in [1.165, 1.54) is 43.6 Å². The van der Waals surface area contributed by atoms with Crippen LogP contribution in [0, 0.1) is 11.8 Å². The Kier molecular flexibility index (Phi) is 12.1. The summed E-state index contributed by atoms with van der Waals surface area (Å²) in [6, 6.07) is 0. The highest BCUT2D eigenvalue weighted by Gasteiger charge is 2.38. The van der Waals surface area contributed by atoms with Crippen molar-refractivity contribution in [3.8, 4) is 0 Å². The third-order valence-corrected chi connectivity index (χ3v) is 7.04. The zero-order chi connectivity index (χ0) is 25.9. The minimum Gasteiger partial charge on any atom is -0.790 e. The number of allylic oxidation sites excluding steroid dienone is 3. The van der Waals surface area contributed by atoms with Gasteiger partial charge in [-0.05, 0) is 31.3 Å². The van der Waals surface area contributed by atoms with Crippen molar-refractivity contribution in [2.75, 3.05) is 6.54 Å². The number of cyclic esters (lactones) is 1. The van der Waals surface area contributed by atoms with Crippen LogP contribution in [-0.4, -0.2) is 46.6 Å². The summed E-state index contributed by atoms with van der Waals surface area (Å²) in [4.78, 5) is 34.6. The molecule has 2 aliphatic rings. The van der Waals surface area contributed by atoms with E-state index in [0.717, 1.165) is 12.8 Å². The van der Waals surface area contributed by atoms with Gasteiger partial charge in [0, 0.05) is 24.8 Å². The smallest absolute Gasteiger partial charge is 0.331 e. The SMILES string of the molecule is CC[C@H]1C=CC(=O)O[C@H]1/C=C/[C@](O)(CC[NH3+])[C@@H](C[C@@H](O)/C=C\C=C/C1CCCCC1)OP(=O)([O-])[O-]. The number of phosphoric ester groups is 1. The maximum atomic E-state index is 11.7. The van der Waals surface area contributed by atoms with Crippen LogP contribution >= 0.6 is 7.82 Å². The number of hydrogen-bond donors (Lipinski definition) is 3. The van der Waals surface area contributed by atoms with Gasteiger partial charge in [-0.1, -0.05) is 62.6 Å². The van der Waals surface area contributed by atoms with Crippen LogP contribution in [0.1, 0.15) is 58.3 Å². The molecule has 198 valence electrons. The van der Waals surface area contributed by atoms with Gasteiger partial charge in [0.25, 0.3) is 0 Å². The van der Waals surface area contributed by atoms with Crippen molar-refractivity contribution in [3.63, 3.8) is 0 Å². The predicted molar refractivity (Wildman–Crippen MR) is 127 cm³/mol. The molecule has 5 N–H and O–H groups in total. The summed E-state index contributed by atoms with van der Waals surface area (Å²) in [5, 5.41) is 21.8. The lowest BCUT2D eigenvalue weighted by Crippen LogP contribution is -2.56. The molecule has 1 fully saturated rings. The third-order valence-electron chi connectivity index (χ3n) is 6.52. The van der Waals surface area contributed by atoms with Crippen molar-refractivity contribution in [2.45, 2.75) is 82.2 Å². The number of esters is 1. The molecule has 10 heteroatoms. The number of carbonyl (C=O) groups is 1. The molecule has 0 amide bonds. The lowest BCUT2D eigenvalue weighted by molar-refractivity contribution is -0.376. The van der Waals surface area contributed by atoms with Crippen LogP contribution in [0.2, 0.25) is 0 Å². The summed E-state index contributed by atoms with van der Waals surface area (Å²) in [6.45, 7) is 2.11. The summed E-state index contributed by atoms with van der Waals surface area (Å²) in [7, 11) is -5.49. The van der Waals surface area contributed by atoms with E-state index >= 15 is 0 Å². The molecular formula is C25H39NO8P-. The zero-order valence-electron chi connectivity index (χ0n) is 20.4. The first-order valence-corrected chi connectivity index (χ1v) is 13.9. The summed E-state index contributed by atoms with van der Waals surface area (Å²) < 4.78 is 21.5. The second-order valence-corrected chi connectivity index (χ2v) is 10.4. The van der Waals surface area contributed by atoms with Gasteiger partial charge in [0.2, 0.25) is 0 Å². The fraction of sp³-hybridized carbons (Fsp3) is 0.640. The second-order valence-electron chi connectivity index (χ2n) is 9.30. The number of rotatable bonds is 13. The molecule has 1 aliphatic carbocycles. The number of ether oxygens (including phenoxy) is 1. The average Bonchev–Trinajstić information content (AvgIpc) is 2.80. The van der Waals surface area contributed by atoms with E-state index in [1.807, 2.05) is 13.0 Å². The molecule has 0 aromatic heterocycles. The molecule has 0 saturated heterocycles. The van der Waals surface area contributed by atoms with E-state index in [0.29, 0.717) is 12.3 Å². The fourth-order valence-corrected chi connectivity index (χ4v) is 5.13. The summed E-state index contributed by atoms with van der Waals surface area (Å²) >= 11 is 0. The summed E-state index contributed by atoms with van der Waals surface area (Å²) in [6.07, 6.45) is 15.7. The van der Waals surface area contributed by atoms with E-state index in [4.69, 9.17) is 9.26 Å². The first-order valence-electron chi connectivity index (χ1n) is 12.4. The molecule has 2 rings (SSSR count). The largest absolute Gasteiger partial charge is 0.790 e. The van der Waals surface area contributed by atoms with Crippen LogP contribution in [0.5, 0.6) is 0 Å². The quantitative estimate of drug-likeness (QED) is 0.143. The van der Waals surface area contributed by atoms with Crippen LogP contribution < -0.4 is 15.5 Å². The Morgan fingerprint density at radius 3 is 2.63 bits per heavy atom. The van der Waals surface area contributed by atoms with Crippen LogP contribution in [0.4, 0.5) is 0 Å². The van der Waals surface area contributed by atoms with Crippen molar-refractivity contribution in [1.29, 1.82) is 0 Å². The lowest BCUT2D eigenvalue weighted by atomic mass is 9.86. The van der Waals surface area contributed by atoms with Crippen molar-refractivity contribution in [3.05, 3.63) is 48.6 Å². The summed E-state index contributed by atoms with van der Waals surface area (Å²) in [5.74, 6) is -0.137. The van der Waals surface area contributed by atoms with E-state index in [2.05, 4.69) is 11.8 Å². The van der Waals surface area contributed by atoms with Gasteiger partial charge in [-0.15, -0.1) is 0 Å². The first-order chi connectivity index (χ1) is 16.6. The molecule has 0 aromatic rings. The topological polar surface area (TPSA) is 167 Å². The van der Waals surface area contributed by atoms with Gasteiger partial charge >= 0.3 is 5.97 Å². The van der Waals surface area contributed by atoms with Gasteiger partial charge in [-0.2, -0.15) is 0 Å². The average molecular weight is 513 g/mol. The molecule has 0 radical (unpaired) electrons. The lowest BCUT2D eigenvalue weighted by Gasteiger charge is -2.41. The Hall–Kier alpha value is -1.58. The van der Waals surface area contributed by atoms with E-state index in [9.17, 15) is 29.4 Å². The maximum absolute atomic E-state index is 11.7. The molecule has 5 atom stereocenters. The number of aliphatic hydroxyl groups excluding tert-OH is 1. The highest BCUT2D eigenvalue weighted by atomic mass is 31.2. The van der Waals surface area contributed by atoms with Gasteiger partial charge in [-0.25, -0.2) is 4.79 Å². The van der Waals surface area contributed by atoms with E-state index in [-0.39, 0.29) is 25.3 Å². The van der Waals surface area contributed by atoms with Gasteiger partial charge in [0.05, 0.1) is 26.6 Å². The molecular weight excluding hydrogens is 473 g/mol. The Morgan fingerprint density at radius 2 is 2.00 bits per heavy atom. The van der Waals surface area contributed by atoms with Gasteiger partial charge in [-0.3, -0.25) is 0 Å². The zero-order valence-corrected chi connectivity index (χ0v) is 21.3. The highest BCUT2D eigenvalue weighted by Crippen LogP contribution is 2.36. The minimum absolute atomic E-state index is 0.0422. The molecule has 0 spiro atoms. The number of hydrogen-bond acceptors (Lipinski definition) is 8. The van der Waals surface area contributed by atoms with Gasteiger partial charge in [0.15, 0.2) is 0 Å². The maximum Gasteiger partial charge on any atom is 0.331 e. The monoisotopic (exact) mass is 512 g/mol. The number of aliphatic hydroxyl groups is 2. The van der Waals surface area contributed by atoms with Crippen LogP contribution in [-0.2, 0) is 18.6 Å². The van der Waals surface area contributed by atoms with Crippen LogP contribution in [0.15, 0.2) is 48.6 Å². The molecule has 1 heterocycles. The third kappa shape index (κ3) is 10.5. The van der Waals surface area contributed by atoms with Gasteiger partial charge in [0.1, 0.15) is 11.7 Å². The molecule has 1 aliphatic heterocycles. The van der Waals surface area contributed by atoms with Crippen molar-refractivity contribution >= 4 is 13.8 Å². The van der Waals surface area contributed by atoms with Gasteiger partial charge < -0.3 is 39.6 Å². The number of phosphoric acid groups is 1. The Labute approximate surface area is 207 Å². The standard InChI is InChI=1S/C25H40NO8P/c1-2-20-12-13-24(28)33-22(20)14-15-25(29,16-17-26)23(34-35(30,31)32)18-21(27)11-7-6-10-19-8-4-3-5-9-19/h6-7,10-15,19-23,27,29H,2-5,8-9,16-18,26H2,1H3,(H2,30,31,32)/p-1/b10-6-,11-7-,15-14+/t20-,21-,22-,23+,25-/m0/s1. The Bertz CT molecular complexity index is 829. The highest BCUT2D eigenvalue weighted by molar-refractivity contribution is 7.43. The van der Waals surface area contributed by atoms with Crippen molar-refractivity contribution in [2.24, 2.45) is 11.8 Å². The Balaban J connectivity index is 2.16. The molecule has 35 heavy (non-hydrogen) atoms. The van der Waals surface area contributed by atoms with Crippen molar-refractivity contribution < 1.29 is 44.4 Å². The number of quaternary nitrogens is 1. The minimum atomic E-state index is -5.49. The molecule has 1 saturated carbocycles. The molecule has 0 aromatic carbocycles. The predicted octanol–water partition coefficient (Wildman–Crippen LogP) is 1.07. The fourth-order valence-electron chi connectivity index (χ4n) is 4.55. The van der Waals surface area contributed by atoms with Crippen LogP contribution in [0.3, 0.4) is 0 Å². The molecule has 0 unspecified atom stereocenters. The Morgan fingerprint density at radius 1 is 1.29 bits per heavy atom. The number of carbonyl (C=O) groups excluding carboxylic acids is 1. The van der Waals surface area contributed by atoms with E-state index < -0.39 is 37.7 Å². The van der Waals surface area contributed by atoms with E-state index in [1.54, 1.807) is 12.2 Å².